The van der Waals surface area contributed by atoms with Crippen molar-refractivity contribution in [2.45, 2.75) is 0 Å². The van der Waals surface area contributed by atoms with Gasteiger partial charge in [-0.25, -0.2) is 4.79 Å². The van der Waals surface area contributed by atoms with E-state index < -0.39 is 11.4 Å². The van der Waals surface area contributed by atoms with Gasteiger partial charge in [0.25, 0.3) is 0 Å². The number of carboxylic acid groups (broad SMARTS) is 1. The Morgan fingerprint density at radius 1 is 1.47 bits per heavy atom. The van der Waals surface area contributed by atoms with E-state index in [1.165, 1.54) is 13.2 Å². The largest absolute Gasteiger partial charge is 0.496 e. The third-order valence-corrected chi connectivity index (χ3v) is 2.71. The molecule has 0 aliphatic rings. The van der Waals surface area contributed by atoms with Crippen molar-refractivity contribution in [2.24, 2.45) is 0 Å². The molecule has 6 heteroatoms. The van der Waals surface area contributed by atoms with Crippen molar-refractivity contribution in [1.82, 2.24) is 4.98 Å². The molecule has 0 saturated carbocycles. The van der Waals surface area contributed by atoms with Crippen molar-refractivity contribution in [3.8, 4) is 5.75 Å². The number of halogens is 1. The second-order valence-electron chi connectivity index (χ2n) is 3.34. The summed E-state index contributed by atoms with van der Waals surface area (Å²) < 4.78 is 5.03. The Bertz CT molecular complexity index is 662. The van der Waals surface area contributed by atoms with E-state index in [9.17, 15) is 9.59 Å². The van der Waals surface area contributed by atoms with Crippen LogP contribution in [0.25, 0.3) is 10.9 Å². The number of methoxy groups -OCH3 is 1. The molecule has 2 aromatic rings. The number of nitrogens with one attached hydrogen (secondary N) is 1. The fourth-order valence-corrected chi connectivity index (χ4v) is 1.81. The van der Waals surface area contributed by atoms with Gasteiger partial charge in [0.15, 0.2) is 0 Å². The first-order valence-corrected chi connectivity index (χ1v) is 5.05. The highest BCUT2D eigenvalue weighted by atomic mass is 35.5. The molecule has 0 aliphatic heterocycles. The third kappa shape index (κ3) is 1.74. The van der Waals surface area contributed by atoms with Gasteiger partial charge in [0.2, 0.25) is 5.43 Å². The summed E-state index contributed by atoms with van der Waals surface area (Å²) in [5, 5.41) is 9.33. The molecule has 0 radical (unpaired) electrons. The summed E-state index contributed by atoms with van der Waals surface area (Å²) in [7, 11) is 1.40. The number of aromatic amines is 1. The Morgan fingerprint density at radius 3 is 2.76 bits per heavy atom. The fraction of sp³-hybridized carbons (Fsp3) is 0.0909. The van der Waals surface area contributed by atoms with Crippen LogP contribution in [0.3, 0.4) is 0 Å². The summed E-state index contributed by atoms with van der Waals surface area (Å²) in [5.74, 6) is -1.01. The molecule has 0 fully saturated rings. The third-order valence-electron chi connectivity index (χ3n) is 2.40. The molecule has 5 nitrogen and oxygen atoms in total. The summed E-state index contributed by atoms with van der Waals surface area (Å²) in [5.41, 5.74) is -0.607. The van der Waals surface area contributed by atoms with Crippen LogP contribution in [0, 0.1) is 0 Å². The molecule has 0 unspecified atom stereocenters. The van der Waals surface area contributed by atoms with Gasteiger partial charge < -0.3 is 14.8 Å². The van der Waals surface area contributed by atoms with Crippen LogP contribution in [0.4, 0.5) is 0 Å². The van der Waals surface area contributed by atoms with Gasteiger partial charge in [0, 0.05) is 6.20 Å². The molecule has 17 heavy (non-hydrogen) atoms. The van der Waals surface area contributed by atoms with Gasteiger partial charge >= 0.3 is 5.97 Å². The van der Waals surface area contributed by atoms with E-state index in [2.05, 4.69) is 4.98 Å². The van der Waals surface area contributed by atoms with Crippen molar-refractivity contribution in [3.05, 3.63) is 39.1 Å². The first kappa shape index (κ1) is 11.5. The van der Waals surface area contributed by atoms with E-state index in [4.69, 9.17) is 21.4 Å². The first-order valence-electron chi connectivity index (χ1n) is 4.67. The number of carbonyl (C=O) groups is 1. The van der Waals surface area contributed by atoms with Crippen LogP contribution >= 0.6 is 11.6 Å². The van der Waals surface area contributed by atoms with Crippen molar-refractivity contribution < 1.29 is 14.6 Å². The molecular weight excluding hydrogens is 246 g/mol. The quantitative estimate of drug-likeness (QED) is 0.857. The van der Waals surface area contributed by atoms with Crippen LogP contribution in [-0.2, 0) is 0 Å². The van der Waals surface area contributed by atoms with Crippen LogP contribution in [0.5, 0.6) is 5.75 Å². The maximum atomic E-state index is 12.0. The summed E-state index contributed by atoms with van der Waals surface area (Å²) in [6, 6.07) is 3.09. The molecule has 0 amide bonds. The van der Waals surface area contributed by atoms with E-state index in [-0.39, 0.29) is 16.7 Å². The zero-order chi connectivity index (χ0) is 12.6. The highest BCUT2D eigenvalue weighted by molar-refractivity contribution is 6.35. The number of aromatic nitrogens is 1. The minimum atomic E-state index is -1.30. The maximum absolute atomic E-state index is 12.0. The molecule has 0 bridgehead atoms. The molecule has 88 valence electrons. The average molecular weight is 254 g/mol. The van der Waals surface area contributed by atoms with E-state index in [0.29, 0.717) is 10.5 Å². The van der Waals surface area contributed by atoms with E-state index >= 15 is 0 Å². The minimum Gasteiger partial charge on any atom is -0.496 e. The Labute approximate surface area is 101 Å². The van der Waals surface area contributed by atoms with Crippen molar-refractivity contribution in [2.75, 3.05) is 7.11 Å². The molecule has 1 aromatic carbocycles. The number of hydrogen-bond donors (Lipinski definition) is 2. The molecule has 2 N–H and O–H groups in total. The van der Waals surface area contributed by atoms with Crippen LogP contribution in [0.1, 0.15) is 10.4 Å². The van der Waals surface area contributed by atoms with Crippen molar-refractivity contribution >= 4 is 28.5 Å². The SMILES string of the molecule is COc1ccc(Cl)c2[nH]cc(C(=O)O)c(=O)c12. The maximum Gasteiger partial charge on any atom is 0.341 e. The lowest BCUT2D eigenvalue weighted by molar-refractivity contribution is 0.0695. The van der Waals surface area contributed by atoms with Gasteiger partial charge in [-0.1, -0.05) is 11.6 Å². The topological polar surface area (TPSA) is 79.4 Å². The van der Waals surface area contributed by atoms with Crippen LogP contribution < -0.4 is 10.2 Å². The molecule has 0 atom stereocenters. The molecule has 1 heterocycles. The second kappa shape index (κ2) is 4.10. The Hall–Kier alpha value is -2.01. The Morgan fingerprint density at radius 2 is 2.18 bits per heavy atom. The number of pyridine rings is 1. The number of fused-ring (bicyclic) bond motifs is 1. The molecule has 1 aromatic heterocycles. The van der Waals surface area contributed by atoms with Crippen molar-refractivity contribution in [1.29, 1.82) is 0 Å². The van der Waals surface area contributed by atoms with E-state index in [1.807, 2.05) is 0 Å². The summed E-state index contributed by atoms with van der Waals surface area (Å²) in [6.07, 6.45) is 1.12. The fourth-order valence-electron chi connectivity index (χ4n) is 1.60. The Balaban J connectivity index is 2.97. The number of hydrogen-bond acceptors (Lipinski definition) is 3. The number of rotatable bonds is 2. The van der Waals surface area contributed by atoms with E-state index in [1.54, 1.807) is 6.07 Å². The lowest BCUT2D eigenvalue weighted by Gasteiger charge is -2.06. The molecule has 0 aliphatic carbocycles. The number of ether oxygens (including phenoxy) is 1. The molecule has 2 rings (SSSR count). The van der Waals surface area contributed by atoms with Crippen LogP contribution in [0.15, 0.2) is 23.1 Å². The highest BCUT2D eigenvalue weighted by Gasteiger charge is 2.16. The summed E-state index contributed by atoms with van der Waals surface area (Å²) >= 11 is 5.92. The number of carboxylic acids is 1. The molecule has 0 spiro atoms. The molecule has 0 saturated heterocycles. The monoisotopic (exact) mass is 253 g/mol. The zero-order valence-electron chi connectivity index (χ0n) is 8.78. The predicted molar refractivity (Wildman–Crippen MR) is 63.1 cm³/mol. The number of aromatic carboxylic acids is 1. The van der Waals surface area contributed by atoms with Crippen LogP contribution in [0.2, 0.25) is 5.02 Å². The van der Waals surface area contributed by atoms with E-state index in [0.717, 1.165) is 6.20 Å². The normalized spacial score (nSPS) is 10.5. The van der Waals surface area contributed by atoms with Gasteiger partial charge in [-0.05, 0) is 12.1 Å². The highest BCUT2D eigenvalue weighted by Crippen LogP contribution is 2.27. The summed E-state index contributed by atoms with van der Waals surface area (Å²) in [4.78, 5) is 25.5. The summed E-state index contributed by atoms with van der Waals surface area (Å²) in [6.45, 7) is 0. The standard InChI is InChI=1S/C11H8ClNO4/c1-17-7-3-2-6(12)9-8(7)10(14)5(4-13-9)11(15)16/h2-4H,1H3,(H,13,14)(H,15,16). The Kier molecular flexibility index (Phi) is 2.77. The average Bonchev–Trinajstić information content (AvgIpc) is 2.30. The number of benzene rings is 1. The van der Waals surface area contributed by atoms with Gasteiger partial charge in [-0.15, -0.1) is 0 Å². The van der Waals surface area contributed by atoms with Gasteiger partial charge in [-0.3, -0.25) is 4.79 Å². The van der Waals surface area contributed by atoms with Crippen LogP contribution in [-0.4, -0.2) is 23.2 Å². The minimum absolute atomic E-state index is 0.139. The number of H-pyrrole nitrogens is 1. The zero-order valence-corrected chi connectivity index (χ0v) is 9.54. The lowest BCUT2D eigenvalue weighted by Crippen LogP contribution is -2.16. The second-order valence-corrected chi connectivity index (χ2v) is 3.74. The van der Waals surface area contributed by atoms with Gasteiger partial charge in [0.1, 0.15) is 11.3 Å². The predicted octanol–water partition coefficient (Wildman–Crippen LogP) is 1.89. The smallest absolute Gasteiger partial charge is 0.341 e. The van der Waals surface area contributed by atoms with Gasteiger partial charge in [-0.2, -0.15) is 0 Å². The first-order chi connectivity index (χ1) is 8.06. The van der Waals surface area contributed by atoms with Crippen molar-refractivity contribution in [3.63, 3.8) is 0 Å². The lowest BCUT2D eigenvalue weighted by atomic mass is 10.1. The van der Waals surface area contributed by atoms with Gasteiger partial charge in [0.05, 0.1) is 23.0 Å². The molecular formula is C11H8ClNO4.